The van der Waals surface area contributed by atoms with E-state index in [0.717, 1.165) is 5.56 Å². The highest BCUT2D eigenvalue weighted by Gasteiger charge is 2.39. The van der Waals surface area contributed by atoms with Crippen LogP contribution in [0.5, 0.6) is 0 Å². The standard InChI is InChI=1S/C21H20N4O4/c1-24-18(11-14-12-22-15-8-5-9-17(19(14)15)25(28)29)20(26)23-16(21(24)27)10-13-6-3-2-4-7-13/h2-9,12,16,18,22H,10-11H2,1H3,(H,23,26)/t16-,18+/m1/s1. The van der Waals surface area contributed by atoms with E-state index in [1.54, 1.807) is 25.4 Å². The Morgan fingerprint density at radius 3 is 2.55 bits per heavy atom. The Balaban J connectivity index is 1.58. The summed E-state index contributed by atoms with van der Waals surface area (Å²) in [5, 5.41) is 14.7. The molecule has 2 atom stereocenters. The molecule has 29 heavy (non-hydrogen) atoms. The third-order valence-electron chi connectivity index (χ3n) is 5.39. The Hall–Kier alpha value is -3.68. The number of carbonyl (C=O) groups excluding carboxylic acids is 2. The molecule has 0 saturated carbocycles. The van der Waals surface area contributed by atoms with Gasteiger partial charge in [0.05, 0.1) is 15.8 Å². The van der Waals surface area contributed by atoms with E-state index in [-0.39, 0.29) is 23.9 Å². The van der Waals surface area contributed by atoms with Crippen molar-refractivity contribution in [1.29, 1.82) is 0 Å². The largest absolute Gasteiger partial charge is 0.361 e. The quantitative estimate of drug-likeness (QED) is 0.512. The Bertz CT molecular complexity index is 1090. The van der Waals surface area contributed by atoms with Gasteiger partial charge in [0.25, 0.3) is 5.69 Å². The molecule has 1 fully saturated rings. The minimum atomic E-state index is -0.728. The highest BCUT2D eigenvalue weighted by Crippen LogP contribution is 2.30. The molecule has 0 spiro atoms. The monoisotopic (exact) mass is 392 g/mol. The molecule has 148 valence electrons. The molecule has 4 rings (SSSR count). The molecule has 1 aliphatic heterocycles. The second kappa shape index (κ2) is 7.38. The second-order valence-electron chi connectivity index (χ2n) is 7.19. The molecule has 8 heteroatoms. The van der Waals surface area contributed by atoms with Crippen LogP contribution in [0.3, 0.4) is 0 Å². The van der Waals surface area contributed by atoms with Crippen LogP contribution in [0.2, 0.25) is 0 Å². The molecule has 8 nitrogen and oxygen atoms in total. The molecule has 3 aromatic rings. The summed E-state index contributed by atoms with van der Waals surface area (Å²) in [6, 6.07) is 12.9. The fourth-order valence-electron chi connectivity index (χ4n) is 3.88. The molecule has 0 aliphatic carbocycles. The summed E-state index contributed by atoms with van der Waals surface area (Å²) in [5.41, 5.74) is 2.20. The van der Waals surface area contributed by atoms with Crippen LogP contribution in [0.15, 0.2) is 54.7 Å². The van der Waals surface area contributed by atoms with E-state index in [9.17, 15) is 19.7 Å². The summed E-state index contributed by atoms with van der Waals surface area (Å²) < 4.78 is 0. The summed E-state index contributed by atoms with van der Waals surface area (Å²) in [4.78, 5) is 41.1. The lowest BCUT2D eigenvalue weighted by molar-refractivity contribution is -0.383. The van der Waals surface area contributed by atoms with Gasteiger partial charge >= 0.3 is 0 Å². The van der Waals surface area contributed by atoms with E-state index in [1.165, 1.54) is 11.0 Å². The maximum atomic E-state index is 12.8. The number of nitro groups is 1. The molecule has 1 aromatic heterocycles. The molecule has 0 radical (unpaired) electrons. The molecule has 1 saturated heterocycles. The molecule has 2 aromatic carbocycles. The number of nitrogens with one attached hydrogen (secondary N) is 2. The number of rotatable bonds is 5. The molecule has 0 unspecified atom stereocenters. The van der Waals surface area contributed by atoms with Crippen molar-refractivity contribution in [2.75, 3.05) is 7.05 Å². The maximum Gasteiger partial charge on any atom is 0.279 e. The van der Waals surface area contributed by atoms with Crippen molar-refractivity contribution < 1.29 is 14.5 Å². The van der Waals surface area contributed by atoms with Gasteiger partial charge in [-0.1, -0.05) is 36.4 Å². The summed E-state index contributed by atoms with van der Waals surface area (Å²) in [6.07, 6.45) is 2.28. The van der Waals surface area contributed by atoms with Crippen molar-refractivity contribution in [3.63, 3.8) is 0 Å². The molecule has 2 amide bonds. The first-order chi connectivity index (χ1) is 14.0. The molecule has 0 bridgehead atoms. The van der Waals surface area contributed by atoms with Crippen LogP contribution >= 0.6 is 0 Å². The van der Waals surface area contributed by atoms with Crippen LogP contribution in [0, 0.1) is 10.1 Å². The predicted molar refractivity (Wildman–Crippen MR) is 107 cm³/mol. The number of fused-ring (bicyclic) bond motifs is 1. The van der Waals surface area contributed by atoms with Gasteiger partial charge in [0.15, 0.2) is 0 Å². The smallest absolute Gasteiger partial charge is 0.279 e. The minimum Gasteiger partial charge on any atom is -0.361 e. The number of non-ortho nitro benzene ring substituents is 1. The van der Waals surface area contributed by atoms with Gasteiger partial charge in [0.1, 0.15) is 12.1 Å². The van der Waals surface area contributed by atoms with Crippen LogP contribution in [-0.4, -0.2) is 45.8 Å². The second-order valence-corrected chi connectivity index (χ2v) is 7.19. The fourth-order valence-corrected chi connectivity index (χ4v) is 3.88. The zero-order valence-electron chi connectivity index (χ0n) is 15.8. The number of hydrogen-bond donors (Lipinski definition) is 2. The number of aromatic nitrogens is 1. The lowest BCUT2D eigenvalue weighted by atomic mass is 9.96. The number of benzene rings is 2. The van der Waals surface area contributed by atoms with E-state index in [2.05, 4.69) is 10.3 Å². The normalized spacial score (nSPS) is 19.4. The molecular weight excluding hydrogens is 372 g/mol. The van der Waals surface area contributed by atoms with Crippen molar-refractivity contribution >= 4 is 28.4 Å². The lowest BCUT2D eigenvalue weighted by Gasteiger charge is -2.36. The topological polar surface area (TPSA) is 108 Å². The first kappa shape index (κ1) is 18.7. The highest BCUT2D eigenvalue weighted by atomic mass is 16.6. The lowest BCUT2D eigenvalue weighted by Crippen LogP contribution is -2.63. The predicted octanol–water partition coefficient (Wildman–Crippen LogP) is 2.19. The van der Waals surface area contributed by atoms with Crippen molar-refractivity contribution in [3.05, 3.63) is 76.0 Å². The first-order valence-corrected chi connectivity index (χ1v) is 9.30. The van der Waals surface area contributed by atoms with E-state index in [1.807, 2.05) is 30.3 Å². The van der Waals surface area contributed by atoms with Crippen molar-refractivity contribution in [2.45, 2.75) is 24.9 Å². The summed E-state index contributed by atoms with van der Waals surface area (Å²) >= 11 is 0. The molecule has 1 aliphatic rings. The number of nitrogens with zero attached hydrogens (tertiary/aromatic N) is 2. The number of likely N-dealkylation sites (N-methyl/N-ethyl adjacent to an activating group) is 1. The molecule has 2 heterocycles. The zero-order chi connectivity index (χ0) is 20.5. The van der Waals surface area contributed by atoms with E-state index in [0.29, 0.717) is 22.9 Å². The van der Waals surface area contributed by atoms with Crippen LogP contribution in [0.1, 0.15) is 11.1 Å². The van der Waals surface area contributed by atoms with Crippen LogP contribution < -0.4 is 5.32 Å². The van der Waals surface area contributed by atoms with Gasteiger partial charge < -0.3 is 15.2 Å². The Morgan fingerprint density at radius 1 is 1.07 bits per heavy atom. The Morgan fingerprint density at radius 2 is 1.83 bits per heavy atom. The van der Waals surface area contributed by atoms with Gasteiger partial charge in [-0.25, -0.2) is 0 Å². The third kappa shape index (κ3) is 3.44. The van der Waals surface area contributed by atoms with Gasteiger partial charge in [-0.2, -0.15) is 0 Å². The van der Waals surface area contributed by atoms with Crippen molar-refractivity contribution in [1.82, 2.24) is 15.2 Å². The average molecular weight is 392 g/mol. The minimum absolute atomic E-state index is 0.0223. The zero-order valence-corrected chi connectivity index (χ0v) is 15.8. The SMILES string of the molecule is CN1C(=O)[C@@H](Cc2ccccc2)NC(=O)[C@@H]1Cc1c[nH]c2cccc([N+](=O)[O-])c12. The van der Waals surface area contributed by atoms with Crippen LogP contribution in [0.25, 0.3) is 10.9 Å². The van der Waals surface area contributed by atoms with Gasteiger partial charge in [0, 0.05) is 32.2 Å². The van der Waals surface area contributed by atoms with Crippen molar-refractivity contribution in [3.8, 4) is 0 Å². The number of aromatic amines is 1. The van der Waals surface area contributed by atoms with Crippen LogP contribution in [0.4, 0.5) is 5.69 Å². The average Bonchev–Trinajstić information content (AvgIpc) is 3.13. The van der Waals surface area contributed by atoms with Crippen molar-refractivity contribution in [2.24, 2.45) is 0 Å². The van der Waals surface area contributed by atoms with Gasteiger partial charge in [0.2, 0.25) is 11.8 Å². The summed E-state index contributed by atoms with van der Waals surface area (Å²) in [7, 11) is 1.60. The number of H-pyrrole nitrogens is 1. The van der Waals surface area contributed by atoms with Gasteiger partial charge in [-0.05, 0) is 17.2 Å². The van der Waals surface area contributed by atoms with E-state index < -0.39 is 17.0 Å². The molecular formula is C21H20N4O4. The Labute approximate surface area is 166 Å². The number of carbonyl (C=O) groups is 2. The Kier molecular flexibility index (Phi) is 4.75. The third-order valence-corrected chi connectivity index (χ3v) is 5.39. The summed E-state index contributed by atoms with van der Waals surface area (Å²) in [6.45, 7) is 0. The maximum absolute atomic E-state index is 12.8. The van der Waals surface area contributed by atoms with Crippen LogP contribution in [-0.2, 0) is 22.4 Å². The van der Waals surface area contributed by atoms with Gasteiger partial charge in [-0.15, -0.1) is 0 Å². The highest BCUT2D eigenvalue weighted by molar-refractivity contribution is 5.98. The number of hydrogen-bond acceptors (Lipinski definition) is 4. The number of nitro benzene ring substituents is 1. The molecule has 2 N–H and O–H groups in total. The number of piperazine rings is 1. The first-order valence-electron chi connectivity index (χ1n) is 9.30. The summed E-state index contributed by atoms with van der Waals surface area (Å²) in [5.74, 6) is -0.436. The number of amides is 2. The van der Waals surface area contributed by atoms with Gasteiger partial charge in [-0.3, -0.25) is 19.7 Å². The fraction of sp³-hybridized carbons (Fsp3) is 0.238. The van der Waals surface area contributed by atoms with E-state index in [4.69, 9.17) is 0 Å². The van der Waals surface area contributed by atoms with E-state index >= 15 is 0 Å².